The second-order valence-corrected chi connectivity index (χ2v) is 8.40. The number of benzene rings is 2. The maximum absolute atomic E-state index is 2.34. The van der Waals surface area contributed by atoms with E-state index >= 15 is 0 Å². The fraction of sp³-hybridized carbons (Fsp3) is 0.455. The van der Waals surface area contributed by atoms with Crippen molar-refractivity contribution < 1.29 is 0 Å². The van der Waals surface area contributed by atoms with Crippen molar-refractivity contribution in [3.05, 3.63) is 70.8 Å². The number of hydrogen-bond acceptors (Lipinski definition) is 0. The molecule has 0 aliphatic heterocycles. The molecule has 2 rings (SSSR count). The van der Waals surface area contributed by atoms with Crippen LogP contribution in [-0.4, -0.2) is 0 Å². The lowest BCUT2D eigenvalue weighted by molar-refractivity contribution is 0.568. The van der Waals surface area contributed by atoms with Crippen LogP contribution in [0.3, 0.4) is 0 Å². The molecule has 0 fully saturated rings. The highest BCUT2D eigenvalue weighted by Gasteiger charge is 2.25. The molecule has 0 N–H and O–H groups in total. The van der Waals surface area contributed by atoms with E-state index in [-0.39, 0.29) is 10.8 Å². The Morgan fingerprint density at radius 1 is 0.591 bits per heavy atom. The quantitative estimate of drug-likeness (QED) is 0.598. The van der Waals surface area contributed by atoms with Crippen molar-refractivity contribution >= 4 is 0 Å². The van der Waals surface area contributed by atoms with Crippen LogP contribution in [0.2, 0.25) is 0 Å². The fourth-order valence-electron chi connectivity index (χ4n) is 3.28. The second-order valence-electron chi connectivity index (χ2n) is 8.40. The molecular weight excluding hydrogens is 264 g/mol. The smallest absolute Gasteiger partial charge is 0.00668 e. The maximum atomic E-state index is 2.34. The number of rotatable bonds is 2. The summed E-state index contributed by atoms with van der Waals surface area (Å²) in [6, 6.07) is 17.8. The van der Waals surface area contributed by atoms with Crippen molar-refractivity contribution in [2.24, 2.45) is 0 Å². The highest BCUT2D eigenvalue weighted by atomic mass is 14.3. The topological polar surface area (TPSA) is 0 Å². The summed E-state index contributed by atoms with van der Waals surface area (Å²) in [4.78, 5) is 0. The zero-order chi connectivity index (χ0) is 16.5. The third-order valence-electron chi connectivity index (χ3n) is 4.47. The Bertz CT molecular complexity index is 578. The predicted octanol–water partition coefficient (Wildman–Crippen LogP) is 6.43. The molecule has 0 radical (unpaired) electrons. The molecule has 0 heterocycles. The summed E-state index contributed by atoms with van der Waals surface area (Å²) in [6.07, 6.45) is 0. The summed E-state index contributed by atoms with van der Waals surface area (Å²) >= 11 is 0. The summed E-state index contributed by atoms with van der Waals surface area (Å²) in [6.45, 7) is 16.1. The van der Waals surface area contributed by atoms with Gasteiger partial charge < -0.3 is 0 Å². The van der Waals surface area contributed by atoms with Crippen LogP contribution in [0.5, 0.6) is 0 Å². The zero-order valence-corrected chi connectivity index (χ0v) is 15.2. The molecule has 118 valence electrons. The third kappa shape index (κ3) is 3.43. The van der Waals surface area contributed by atoms with Crippen LogP contribution >= 0.6 is 0 Å². The minimum absolute atomic E-state index is 0.168. The maximum Gasteiger partial charge on any atom is 0.00668 e. The molecule has 2 aromatic carbocycles. The zero-order valence-electron chi connectivity index (χ0n) is 15.2. The van der Waals surface area contributed by atoms with Crippen LogP contribution in [0.15, 0.2) is 48.5 Å². The van der Waals surface area contributed by atoms with Crippen molar-refractivity contribution in [2.75, 3.05) is 0 Å². The molecule has 0 saturated carbocycles. The van der Waals surface area contributed by atoms with E-state index in [9.17, 15) is 0 Å². The Kier molecular flexibility index (Phi) is 4.52. The summed E-state index contributed by atoms with van der Waals surface area (Å²) < 4.78 is 0. The van der Waals surface area contributed by atoms with Gasteiger partial charge in [0, 0.05) is 5.92 Å². The Labute approximate surface area is 136 Å². The molecule has 0 aliphatic carbocycles. The van der Waals surface area contributed by atoms with Crippen LogP contribution < -0.4 is 0 Å². The predicted molar refractivity (Wildman–Crippen MR) is 97.8 cm³/mol. The second kappa shape index (κ2) is 5.91. The van der Waals surface area contributed by atoms with Gasteiger partial charge in [0.05, 0.1) is 0 Å². The molecule has 0 atom stereocenters. The number of hydrogen-bond donors (Lipinski definition) is 0. The first-order valence-corrected chi connectivity index (χ1v) is 8.31. The molecule has 2 aromatic rings. The van der Waals surface area contributed by atoms with Gasteiger partial charge in [-0.3, -0.25) is 0 Å². The molecule has 0 nitrogen and oxygen atoms in total. The lowest BCUT2D eigenvalue weighted by atomic mass is 9.75. The lowest BCUT2D eigenvalue weighted by Gasteiger charge is -2.30. The summed E-state index contributed by atoms with van der Waals surface area (Å²) in [7, 11) is 0. The Hall–Kier alpha value is -1.56. The van der Waals surface area contributed by atoms with E-state index in [1.54, 1.807) is 0 Å². The normalized spacial score (nSPS) is 12.7. The molecule has 0 unspecified atom stereocenters. The van der Waals surface area contributed by atoms with Crippen molar-refractivity contribution in [2.45, 2.75) is 65.2 Å². The summed E-state index contributed by atoms with van der Waals surface area (Å²) in [5.41, 5.74) is 6.14. The van der Waals surface area contributed by atoms with Crippen molar-refractivity contribution in [1.82, 2.24) is 0 Å². The largest absolute Gasteiger partial charge is 0.0620 e. The van der Waals surface area contributed by atoms with Gasteiger partial charge in [0.1, 0.15) is 0 Å². The third-order valence-corrected chi connectivity index (χ3v) is 4.47. The van der Waals surface area contributed by atoms with E-state index in [4.69, 9.17) is 0 Å². The van der Waals surface area contributed by atoms with Crippen LogP contribution in [0.1, 0.15) is 76.6 Å². The van der Waals surface area contributed by atoms with Crippen molar-refractivity contribution in [3.63, 3.8) is 0 Å². The SMILES string of the molecule is CC(c1ccccc1C(C)(C)C)c1ccccc1C(C)(C)C. The lowest BCUT2D eigenvalue weighted by Crippen LogP contribution is -2.19. The van der Waals surface area contributed by atoms with Gasteiger partial charge in [0.25, 0.3) is 0 Å². The van der Waals surface area contributed by atoms with E-state index in [1.807, 2.05) is 0 Å². The molecular formula is C22H30. The average molecular weight is 294 g/mol. The first kappa shape index (κ1) is 16.8. The van der Waals surface area contributed by atoms with E-state index in [0.717, 1.165) is 0 Å². The van der Waals surface area contributed by atoms with Crippen molar-refractivity contribution in [3.8, 4) is 0 Å². The van der Waals surface area contributed by atoms with Gasteiger partial charge in [0.2, 0.25) is 0 Å². The first-order chi connectivity index (χ1) is 10.1. The minimum Gasteiger partial charge on any atom is -0.0620 e. The van der Waals surface area contributed by atoms with Gasteiger partial charge in [-0.05, 0) is 33.1 Å². The van der Waals surface area contributed by atoms with Gasteiger partial charge in [-0.25, -0.2) is 0 Å². The van der Waals surface area contributed by atoms with E-state index in [0.29, 0.717) is 5.92 Å². The summed E-state index contributed by atoms with van der Waals surface area (Å²) in [5, 5.41) is 0. The Morgan fingerprint density at radius 2 is 0.909 bits per heavy atom. The van der Waals surface area contributed by atoms with E-state index in [1.165, 1.54) is 22.3 Å². The molecule has 0 saturated heterocycles. The van der Waals surface area contributed by atoms with E-state index in [2.05, 4.69) is 97.0 Å². The van der Waals surface area contributed by atoms with E-state index < -0.39 is 0 Å². The molecule has 22 heavy (non-hydrogen) atoms. The van der Waals surface area contributed by atoms with Gasteiger partial charge in [-0.1, -0.05) is 97.0 Å². The molecule has 0 aromatic heterocycles. The van der Waals surface area contributed by atoms with Crippen molar-refractivity contribution in [1.29, 1.82) is 0 Å². The fourth-order valence-corrected chi connectivity index (χ4v) is 3.28. The molecule has 0 amide bonds. The minimum atomic E-state index is 0.168. The highest BCUT2D eigenvalue weighted by Crippen LogP contribution is 2.37. The molecule has 0 spiro atoms. The van der Waals surface area contributed by atoms with Crippen LogP contribution in [0.25, 0.3) is 0 Å². The van der Waals surface area contributed by atoms with Crippen LogP contribution in [0, 0.1) is 0 Å². The first-order valence-electron chi connectivity index (χ1n) is 8.31. The molecule has 0 aliphatic rings. The average Bonchev–Trinajstić information content (AvgIpc) is 2.45. The Morgan fingerprint density at radius 3 is 1.23 bits per heavy atom. The monoisotopic (exact) mass is 294 g/mol. The van der Waals surface area contributed by atoms with Gasteiger partial charge in [-0.15, -0.1) is 0 Å². The van der Waals surface area contributed by atoms with Gasteiger partial charge in [0.15, 0.2) is 0 Å². The van der Waals surface area contributed by atoms with Crippen LogP contribution in [-0.2, 0) is 10.8 Å². The Balaban J connectivity index is 2.58. The molecule has 0 bridgehead atoms. The van der Waals surface area contributed by atoms with Crippen LogP contribution in [0.4, 0.5) is 0 Å². The standard InChI is InChI=1S/C22H30/c1-16(17-12-8-10-14-19(17)21(2,3)4)18-13-9-11-15-20(18)22(5,6)7/h8-16H,1-7H3. The van der Waals surface area contributed by atoms with Gasteiger partial charge in [-0.2, -0.15) is 0 Å². The highest BCUT2D eigenvalue weighted by molar-refractivity contribution is 5.45. The molecule has 0 heteroatoms. The van der Waals surface area contributed by atoms with Gasteiger partial charge >= 0.3 is 0 Å². The summed E-state index contributed by atoms with van der Waals surface area (Å²) in [5.74, 6) is 0.408.